The molecule has 1 atom stereocenters. The number of benzene rings is 2. The molecular weight excluding hydrogens is 408 g/mol. The zero-order valence-corrected chi connectivity index (χ0v) is 18.2. The van der Waals surface area contributed by atoms with Crippen molar-refractivity contribution >= 4 is 45.5 Å². The molecule has 2 N–H and O–H groups in total. The fourth-order valence-corrected chi connectivity index (χ4v) is 4.43. The van der Waals surface area contributed by atoms with Crippen molar-refractivity contribution in [2.24, 2.45) is 0 Å². The highest BCUT2D eigenvalue weighted by atomic mass is 32.2. The zero-order chi connectivity index (χ0) is 20.8. The van der Waals surface area contributed by atoms with Crippen molar-refractivity contribution in [1.82, 2.24) is 10.2 Å². The van der Waals surface area contributed by atoms with Gasteiger partial charge in [-0.05, 0) is 43.7 Å². The van der Waals surface area contributed by atoms with Crippen molar-refractivity contribution in [3.8, 4) is 11.5 Å². The molecular formula is C20H22N4O3S2. The van der Waals surface area contributed by atoms with E-state index in [-0.39, 0.29) is 11.2 Å². The molecule has 0 aliphatic rings. The summed E-state index contributed by atoms with van der Waals surface area (Å²) in [4.78, 5) is 12.5. The second kappa shape index (κ2) is 9.62. The second-order valence-corrected chi connectivity index (χ2v) is 8.75. The van der Waals surface area contributed by atoms with Gasteiger partial charge in [-0.1, -0.05) is 35.2 Å². The highest BCUT2D eigenvalue weighted by Crippen LogP contribution is 2.32. The summed E-state index contributed by atoms with van der Waals surface area (Å²) >= 11 is 2.77. The number of methoxy groups -OCH3 is 2. The summed E-state index contributed by atoms with van der Waals surface area (Å²) in [7, 11) is 3.12. The van der Waals surface area contributed by atoms with Crippen LogP contribution in [0.3, 0.4) is 0 Å². The van der Waals surface area contributed by atoms with E-state index in [1.165, 1.54) is 23.1 Å². The van der Waals surface area contributed by atoms with Crippen molar-refractivity contribution in [3.63, 3.8) is 0 Å². The number of aryl methyl sites for hydroxylation is 1. The van der Waals surface area contributed by atoms with Crippen molar-refractivity contribution in [2.45, 2.75) is 23.4 Å². The van der Waals surface area contributed by atoms with Gasteiger partial charge in [0.15, 0.2) is 15.8 Å². The predicted molar refractivity (Wildman–Crippen MR) is 118 cm³/mol. The van der Waals surface area contributed by atoms with E-state index in [9.17, 15) is 4.79 Å². The van der Waals surface area contributed by atoms with Crippen LogP contribution in [0.4, 0.5) is 16.5 Å². The Labute approximate surface area is 177 Å². The third-order valence-electron chi connectivity index (χ3n) is 3.97. The largest absolute Gasteiger partial charge is 0.493 e. The molecule has 1 unspecified atom stereocenters. The number of aromatic nitrogens is 2. The molecule has 0 radical (unpaired) electrons. The third kappa shape index (κ3) is 5.61. The summed E-state index contributed by atoms with van der Waals surface area (Å²) in [6.45, 7) is 3.86. The molecule has 0 saturated heterocycles. The SMILES string of the molecule is COc1ccc(NC(=O)C(C)Sc2nnc(Nc3cccc(C)c3)s2)cc1OC. The minimum atomic E-state index is -0.345. The molecule has 1 aromatic heterocycles. The standard InChI is InChI=1S/C20H22N4O3S2/c1-12-6-5-7-14(10-12)22-19-23-24-20(29-19)28-13(2)18(25)21-15-8-9-16(26-3)17(11-15)27-4/h5-11,13H,1-4H3,(H,21,25)(H,22,23). The Morgan fingerprint density at radius 2 is 1.86 bits per heavy atom. The van der Waals surface area contributed by atoms with Gasteiger partial charge >= 0.3 is 0 Å². The summed E-state index contributed by atoms with van der Waals surface area (Å²) in [6.07, 6.45) is 0. The minimum absolute atomic E-state index is 0.134. The summed E-state index contributed by atoms with van der Waals surface area (Å²) in [5.41, 5.74) is 2.76. The van der Waals surface area contributed by atoms with E-state index in [1.54, 1.807) is 32.4 Å². The summed E-state index contributed by atoms with van der Waals surface area (Å²) in [5, 5.41) is 14.8. The minimum Gasteiger partial charge on any atom is -0.493 e. The average molecular weight is 431 g/mol. The summed E-state index contributed by atoms with van der Waals surface area (Å²) in [5.74, 6) is 1.03. The number of hydrogen-bond donors (Lipinski definition) is 2. The van der Waals surface area contributed by atoms with E-state index in [0.29, 0.717) is 22.3 Å². The first kappa shape index (κ1) is 20.9. The predicted octanol–water partition coefficient (Wildman–Crippen LogP) is 4.73. The molecule has 0 aliphatic heterocycles. The summed E-state index contributed by atoms with van der Waals surface area (Å²) < 4.78 is 11.2. The topological polar surface area (TPSA) is 85.4 Å². The first-order valence-electron chi connectivity index (χ1n) is 8.85. The quantitative estimate of drug-likeness (QED) is 0.500. The number of ether oxygens (including phenoxy) is 2. The molecule has 0 fully saturated rings. The Hall–Kier alpha value is -2.78. The maximum absolute atomic E-state index is 12.5. The highest BCUT2D eigenvalue weighted by Gasteiger charge is 2.18. The molecule has 1 heterocycles. The van der Waals surface area contributed by atoms with Crippen LogP contribution >= 0.6 is 23.1 Å². The number of nitrogens with one attached hydrogen (secondary N) is 2. The van der Waals surface area contributed by atoms with Crippen molar-refractivity contribution in [1.29, 1.82) is 0 Å². The van der Waals surface area contributed by atoms with Crippen molar-refractivity contribution < 1.29 is 14.3 Å². The van der Waals surface area contributed by atoms with E-state index in [2.05, 4.69) is 20.8 Å². The van der Waals surface area contributed by atoms with E-state index < -0.39 is 0 Å². The van der Waals surface area contributed by atoms with Gasteiger partial charge in [0, 0.05) is 17.4 Å². The molecule has 0 aliphatic carbocycles. The van der Waals surface area contributed by atoms with Crippen molar-refractivity contribution in [2.75, 3.05) is 24.9 Å². The number of anilines is 3. The van der Waals surface area contributed by atoms with Crippen LogP contribution in [0, 0.1) is 6.92 Å². The van der Waals surface area contributed by atoms with Crippen LogP contribution in [-0.2, 0) is 4.79 Å². The molecule has 7 nitrogen and oxygen atoms in total. The maximum atomic E-state index is 12.5. The van der Waals surface area contributed by atoms with Gasteiger partial charge in [-0.3, -0.25) is 4.79 Å². The molecule has 3 rings (SSSR count). The lowest BCUT2D eigenvalue weighted by Crippen LogP contribution is -2.22. The van der Waals surface area contributed by atoms with E-state index in [0.717, 1.165) is 15.6 Å². The van der Waals surface area contributed by atoms with Crippen LogP contribution in [0.2, 0.25) is 0 Å². The van der Waals surface area contributed by atoms with Crippen molar-refractivity contribution in [3.05, 3.63) is 48.0 Å². The first-order valence-corrected chi connectivity index (χ1v) is 10.5. The van der Waals surface area contributed by atoms with Crippen LogP contribution in [0.15, 0.2) is 46.8 Å². The Morgan fingerprint density at radius 1 is 1.07 bits per heavy atom. The number of hydrogen-bond acceptors (Lipinski definition) is 8. The van der Waals surface area contributed by atoms with Crippen LogP contribution < -0.4 is 20.1 Å². The van der Waals surface area contributed by atoms with Crippen LogP contribution in [0.25, 0.3) is 0 Å². The summed E-state index contributed by atoms with van der Waals surface area (Å²) in [6, 6.07) is 13.3. The third-order valence-corrected chi connectivity index (χ3v) is 6.00. The van der Waals surface area contributed by atoms with Gasteiger partial charge in [-0.2, -0.15) is 0 Å². The van der Waals surface area contributed by atoms with Gasteiger partial charge in [0.05, 0.1) is 19.5 Å². The van der Waals surface area contributed by atoms with Gasteiger partial charge in [0.1, 0.15) is 0 Å². The Balaban J connectivity index is 1.59. The Bertz CT molecular complexity index is 993. The van der Waals surface area contributed by atoms with E-state index >= 15 is 0 Å². The van der Waals surface area contributed by atoms with Gasteiger partial charge in [-0.15, -0.1) is 10.2 Å². The van der Waals surface area contributed by atoms with Gasteiger partial charge < -0.3 is 20.1 Å². The number of carbonyl (C=O) groups excluding carboxylic acids is 1. The average Bonchev–Trinajstić information content (AvgIpc) is 3.14. The molecule has 0 spiro atoms. The van der Waals surface area contributed by atoms with Crippen LogP contribution in [-0.4, -0.2) is 35.6 Å². The monoisotopic (exact) mass is 430 g/mol. The number of rotatable bonds is 8. The number of carbonyl (C=O) groups is 1. The number of thioether (sulfide) groups is 1. The molecule has 152 valence electrons. The van der Waals surface area contributed by atoms with Crippen LogP contribution in [0.1, 0.15) is 12.5 Å². The molecule has 9 heteroatoms. The Kier molecular flexibility index (Phi) is 6.95. The molecule has 29 heavy (non-hydrogen) atoms. The molecule has 2 aromatic carbocycles. The Morgan fingerprint density at radius 3 is 2.59 bits per heavy atom. The number of nitrogens with zero attached hydrogens (tertiary/aromatic N) is 2. The molecule has 0 bridgehead atoms. The van der Waals surface area contributed by atoms with Crippen LogP contribution in [0.5, 0.6) is 11.5 Å². The molecule has 0 saturated carbocycles. The van der Waals surface area contributed by atoms with E-state index in [1.807, 2.05) is 38.1 Å². The molecule has 1 amide bonds. The first-order chi connectivity index (χ1) is 14.0. The van der Waals surface area contributed by atoms with Gasteiger partial charge in [0.2, 0.25) is 11.0 Å². The molecule has 3 aromatic rings. The lowest BCUT2D eigenvalue weighted by atomic mass is 10.2. The normalized spacial score (nSPS) is 11.6. The van der Waals surface area contributed by atoms with Gasteiger partial charge in [-0.25, -0.2) is 0 Å². The zero-order valence-electron chi connectivity index (χ0n) is 16.6. The van der Waals surface area contributed by atoms with E-state index in [4.69, 9.17) is 9.47 Å². The fourth-order valence-electron chi connectivity index (χ4n) is 2.52. The van der Waals surface area contributed by atoms with Gasteiger partial charge in [0.25, 0.3) is 0 Å². The maximum Gasteiger partial charge on any atom is 0.237 e. The lowest BCUT2D eigenvalue weighted by Gasteiger charge is -2.13. The highest BCUT2D eigenvalue weighted by molar-refractivity contribution is 8.02. The smallest absolute Gasteiger partial charge is 0.237 e. The lowest BCUT2D eigenvalue weighted by molar-refractivity contribution is -0.115. The fraction of sp³-hybridized carbons (Fsp3) is 0.250. The number of amides is 1. The second-order valence-electron chi connectivity index (χ2n) is 6.19.